The lowest BCUT2D eigenvalue weighted by atomic mass is 9.95. The van der Waals surface area contributed by atoms with E-state index >= 15 is 0 Å². The fraction of sp³-hybridized carbons (Fsp3) is 0.324. The number of benzene rings is 3. The molecule has 5 amide bonds. The van der Waals surface area contributed by atoms with Gasteiger partial charge in [-0.2, -0.15) is 4.68 Å². The van der Waals surface area contributed by atoms with E-state index in [9.17, 15) is 33.9 Å². The summed E-state index contributed by atoms with van der Waals surface area (Å²) >= 11 is 6.28. The topological polar surface area (TPSA) is 224 Å². The van der Waals surface area contributed by atoms with Crippen LogP contribution >= 0.6 is 11.6 Å². The number of carbonyl (C=O) groups is 6. The standard InChI is InChI=1S/C37H38ClN11O7/c38-24-10-13-30(48-22-39-44-45-48)29(20-24)43-49(33(53)21-50)37(35(54)55)34(27-4-1-2-5-28(27)42-37)41-31(51)14-9-23-7-11-25(12-8-23)40-36(56)46-18-15-26(16-19-46)47-17-3-6-32(47)52/h1-2,4-5,7-8,10-13,20-22,26,34,42-43H,3,6,9,14-19H2,(H,40,56)(H,41,51)(H,54,55). The van der Waals surface area contributed by atoms with Crippen LogP contribution in [0.3, 0.4) is 0 Å². The van der Waals surface area contributed by atoms with Crippen molar-refractivity contribution < 1.29 is 33.9 Å². The summed E-state index contributed by atoms with van der Waals surface area (Å²) in [5, 5.41) is 31.4. The molecule has 4 heterocycles. The number of likely N-dealkylation sites (tertiary alicyclic amines) is 2. The van der Waals surface area contributed by atoms with Crippen LogP contribution in [0.5, 0.6) is 0 Å². The van der Waals surface area contributed by atoms with E-state index in [4.69, 9.17) is 11.6 Å². The largest absolute Gasteiger partial charge is 0.478 e. The maximum Gasteiger partial charge on any atom is 0.355 e. The van der Waals surface area contributed by atoms with Crippen molar-refractivity contribution in [3.63, 3.8) is 0 Å². The smallest absolute Gasteiger partial charge is 0.355 e. The number of piperidine rings is 1. The summed E-state index contributed by atoms with van der Waals surface area (Å²) in [6.07, 6.45) is 4.38. The zero-order valence-corrected chi connectivity index (χ0v) is 30.7. The van der Waals surface area contributed by atoms with Gasteiger partial charge < -0.3 is 30.9 Å². The average Bonchev–Trinajstić information content (AvgIpc) is 3.97. The molecule has 18 nitrogen and oxygen atoms in total. The number of carboxylic acids is 1. The van der Waals surface area contributed by atoms with Gasteiger partial charge in [-0.05, 0) is 78.1 Å². The van der Waals surface area contributed by atoms with E-state index in [1.54, 1.807) is 53.4 Å². The number of nitrogens with zero attached hydrogens (tertiary/aromatic N) is 7. The van der Waals surface area contributed by atoms with Crippen molar-refractivity contribution in [2.45, 2.75) is 56.3 Å². The van der Waals surface area contributed by atoms with Crippen LogP contribution in [0.2, 0.25) is 5.02 Å². The molecule has 3 aromatic carbocycles. The van der Waals surface area contributed by atoms with Crippen LogP contribution in [0, 0.1) is 0 Å². The first-order chi connectivity index (χ1) is 27.1. The second-order valence-electron chi connectivity index (χ2n) is 13.6. The Morgan fingerprint density at radius 3 is 2.48 bits per heavy atom. The number of halogens is 1. The third kappa shape index (κ3) is 7.55. The van der Waals surface area contributed by atoms with Crippen molar-refractivity contribution in [1.82, 2.24) is 40.3 Å². The molecule has 3 aliphatic heterocycles. The molecule has 0 aliphatic carbocycles. The molecule has 0 spiro atoms. The third-order valence-corrected chi connectivity index (χ3v) is 10.5. The Hall–Kier alpha value is -6.56. The van der Waals surface area contributed by atoms with E-state index in [1.165, 1.54) is 29.2 Å². The number of fused-ring (bicyclic) bond motifs is 1. The number of tetrazole rings is 1. The number of para-hydroxylation sites is 1. The number of hydrogen-bond acceptors (Lipinski definition) is 11. The zero-order valence-electron chi connectivity index (χ0n) is 29.9. The highest BCUT2D eigenvalue weighted by atomic mass is 35.5. The van der Waals surface area contributed by atoms with Crippen LogP contribution in [0.4, 0.5) is 21.9 Å². The molecule has 5 N–H and O–H groups in total. The molecule has 0 radical (unpaired) electrons. The maximum atomic E-state index is 13.6. The van der Waals surface area contributed by atoms with Crippen molar-refractivity contribution in [3.8, 4) is 5.69 Å². The molecule has 2 unspecified atom stereocenters. The molecule has 56 heavy (non-hydrogen) atoms. The van der Waals surface area contributed by atoms with Gasteiger partial charge in [0, 0.05) is 60.5 Å². The van der Waals surface area contributed by atoms with E-state index in [0.29, 0.717) is 41.5 Å². The minimum atomic E-state index is -2.46. The number of carbonyl (C=O) groups excluding carboxylic acids is 5. The number of carboxylic acid groups (broad SMARTS) is 1. The number of aldehydes is 1. The molecule has 290 valence electrons. The van der Waals surface area contributed by atoms with Gasteiger partial charge in [-0.1, -0.05) is 41.9 Å². The summed E-state index contributed by atoms with van der Waals surface area (Å²) in [5.74, 6) is -3.20. The number of aromatic nitrogens is 4. The van der Waals surface area contributed by atoms with Gasteiger partial charge in [0.25, 0.3) is 5.66 Å². The Labute approximate surface area is 325 Å². The van der Waals surface area contributed by atoms with Crippen molar-refractivity contribution in [2.75, 3.05) is 35.7 Å². The fourth-order valence-corrected chi connectivity index (χ4v) is 7.62. The summed E-state index contributed by atoms with van der Waals surface area (Å²) in [5.41, 5.74) is 2.65. The van der Waals surface area contributed by atoms with Crippen LogP contribution in [0.15, 0.2) is 73.1 Å². The van der Waals surface area contributed by atoms with Gasteiger partial charge in [-0.25, -0.2) is 14.6 Å². The van der Waals surface area contributed by atoms with Crippen LogP contribution < -0.4 is 21.4 Å². The number of aryl methyl sites for hydroxylation is 1. The number of amides is 5. The molecule has 0 saturated carbocycles. The summed E-state index contributed by atoms with van der Waals surface area (Å²) < 4.78 is 1.25. The first-order valence-corrected chi connectivity index (χ1v) is 18.4. The molecule has 19 heteroatoms. The van der Waals surface area contributed by atoms with Crippen LogP contribution in [0.1, 0.15) is 49.3 Å². The highest BCUT2D eigenvalue weighted by Crippen LogP contribution is 2.44. The molecule has 3 aliphatic rings. The summed E-state index contributed by atoms with van der Waals surface area (Å²) in [4.78, 5) is 81.3. The minimum Gasteiger partial charge on any atom is -0.478 e. The van der Waals surface area contributed by atoms with Crippen molar-refractivity contribution in [3.05, 3.63) is 89.2 Å². The molecule has 2 fully saturated rings. The molecule has 7 rings (SSSR count). The minimum absolute atomic E-state index is 0.0465. The van der Waals surface area contributed by atoms with Crippen LogP contribution in [-0.4, -0.2) is 107 Å². The Kier molecular flexibility index (Phi) is 10.8. The zero-order chi connectivity index (χ0) is 39.4. The van der Waals surface area contributed by atoms with Gasteiger partial charge in [0.05, 0.1) is 11.4 Å². The van der Waals surface area contributed by atoms with Gasteiger partial charge in [-0.15, -0.1) is 5.10 Å². The first kappa shape index (κ1) is 37.7. The number of hydrogen-bond donors (Lipinski definition) is 5. The Balaban J connectivity index is 1.04. The lowest BCUT2D eigenvalue weighted by molar-refractivity contribution is -0.158. The summed E-state index contributed by atoms with van der Waals surface area (Å²) in [6.45, 7) is 1.89. The SMILES string of the molecule is O=CC(=O)N(Nc1cc(Cl)ccc1-n1cnnn1)C1(C(=O)O)Nc2ccccc2C1NC(=O)CCc1ccc(NC(=O)N2CCC(N3CCCC3=O)CC2)cc1. The number of urea groups is 1. The van der Waals surface area contributed by atoms with Crippen molar-refractivity contribution in [2.24, 2.45) is 0 Å². The van der Waals surface area contributed by atoms with Crippen LogP contribution in [-0.2, 0) is 30.4 Å². The molecule has 2 saturated heterocycles. The first-order valence-electron chi connectivity index (χ1n) is 18.0. The van der Waals surface area contributed by atoms with E-state index in [2.05, 4.69) is 36.9 Å². The molecule has 4 aromatic rings. The predicted molar refractivity (Wildman–Crippen MR) is 201 cm³/mol. The van der Waals surface area contributed by atoms with Gasteiger partial charge in [-0.3, -0.25) is 24.6 Å². The molecular weight excluding hydrogens is 746 g/mol. The maximum absolute atomic E-state index is 13.6. The highest BCUT2D eigenvalue weighted by molar-refractivity contribution is 6.31. The van der Waals surface area contributed by atoms with Gasteiger partial charge >= 0.3 is 17.9 Å². The monoisotopic (exact) mass is 783 g/mol. The number of hydrazine groups is 1. The average molecular weight is 784 g/mol. The van der Waals surface area contributed by atoms with E-state index in [1.807, 2.05) is 4.90 Å². The lowest BCUT2D eigenvalue weighted by Crippen LogP contribution is -2.68. The Morgan fingerprint density at radius 2 is 1.80 bits per heavy atom. The van der Waals surface area contributed by atoms with Crippen LogP contribution in [0.25, 0.3) is 5.69 Å². The van der Waals surface area contributed by atoms with Gasteiger partial charge in [0.1, 0.15) is 12.4 Å². The second-order valence-corrected chi connectivity index (χ2v) is 14.1. The molecule has 1 aromatic heterocycles. The Bertz CT molecular complexity index is 2140. The normalized spacial score (nSPS) is 19.2. The Morgan fingerprint density at radius 1 is 1.04 bits per heavy atom. The number of aliphatic carboxylic acids is 1. The van der Waals surface area contributed by atoms with Crippen molar-refractivity contribution >= 4 is 64.7 Å². The van der Waals surface area contributed by atoms with E-state index in [-0.39, 0.29) is 53.5 Å². The summed E-state index contributed by atoms with van der Waals surface area (Å²) in [7, 11) is 0. The van der Waals surface area contributed by atoms with Gasteiger partial charge in [0.2, 0.25) is 18.1 Å². The second kappa shape index (κ2) is 16.0. The van der Waals surface area contributed by atoms with Crippen molar-refractivity contribution in [1.29, 1.82) is 0 Å². The van der Waals surface area contributed by atoms with E-state index < -0.39 is 29.5 Å². The highest BCUT2D eigenvalue weighted by Gasteiger charge is 2.59. The molecule has 2 atom stereocenters. The van der Waals surface area contributed by atoms with E-state index in [0.717, 1.165) is 31.4 Å². The fourth-order valence-electron chi connectivity index (χ4n) is 7.45. The molecule has 0 bridgehead atoms. The number of rotatable bonds is 12. The number of anilines is 3. The predicted octanol–water partition coefficient (Wildman–Crippen LogP) is 2.99. The third-order valence-electron chi connectivity index (χ3n) is 10.3. The summed E-state index contributed by atoms with van der Waals surface area (Å²) in [6, 6.07) is 16.6. The van der Waals surface area contributed by atoms with Gasteiger partial charge in [0.15, 0.2) is 0 Å². The quantitative estimate of drug-likeness (QED) is 0.0795. The number of nitrogens with one attached hydrogen (secondary N) is 4. The lowest BCUT2D eigenvalue weighted by Gasteiger charge is -2.41. The molecular formula is C37H38ClN11O7.